The number of carbonyl (C=O) groups excluding carboxylic acids is 1. The summed E-state index contributed by atoms with van der Waals surface area (Å²) in [5.74, 6) is -0.520. The third-order valence-electron chi connectivity index (χ3n) is 2.74. The summed E-state index contributed by atoms with van der Waals surface area (Å²) in [7, 11) is 0. The molecule has 20 heavy (non-hydrogen) atoms. The number of aromatic hydroxyl groups is 1. The van der Waals surface area contributed by atoms with Gasteiger partial charge in [-0.15, -0.1) is 0 Å². The number of rotatable bonds is 3. The molecule has 5 heteroatoms. The van der Waals surface area contributed by atoms with E-state index in [0.717, 1.165) is 10.0 Å². The van der Waals surface area contributed by atoms with Gasteiger partial charge in [-0.3, -0.25) is 4.79 Å². The van der Waals surface area contributed by atoms with Gasteiger partial charge in [-0.25, -0.2) is 5.43 Å². The number of carbonyl (C=O) groups is 1. The third-order valence-corrected chi connectivity index (χ3v) is 3.43. The molecule has 1 amide bonds. The van der Waals surface area contributed by atoms with Crippen LogP contribution in [0.2, 0.25) is 0 Å². The summed E-state index contributed by atoms with van der Waals surface area (Å²) in [6.07, 6.45) is 0. The zero-order chi connectivity index (χ0) is 14.5. The minimum Gasteiger partial charge on any atom is -0.507 e. The molecule has 4 nitrogen and oxygen atoms in total. The van der Waals surface area contributed by atoms with Crippen molar-refractivity contribution < 1.29 is 9.90 Å². The summed E-state index contributed by atoms with van der Waals surface area (Å²) >= 11 is 3.43. The number of hydrogen-bond acceptors (Lipinski definition) is 3. The number of phenolic OH excluding ortho intramolecular Hbond substituents is 1. The molecule has 0 saturated carbocycles. The molecule has 0 heterocycles. The molecule has 0 saturated heterocycles. The van der Waals surface area contributed by atoms with Crippen LogP contribution in [0, 0.1) is 0 Å². The smallest absolute Gasteiger partial charge is 0.275 e. The highest BCUT2D eigenvalue weighted by Crippen LogP contribution is 2.17. The summed E-state index contributed by atoms with van der Waals surface area (Å²) in [4.78, 5) is 11.9. The first-order valence-corrected chi connectivity index (χ1v) is 6.76. The lowest BCUT2D eigenvalue weighted by Crippen LogP contribution is -2.19. The van der Waals surface area contributed by atoms with Crippen molar-refractivity contribution in [3.05, 3.63) is 64.1 Å². The number of nitrogens with zero attached hydrogens (tertiary/aromatic N) is 1. The fourth-order valence-corrected chi connectivity index (χ4v) is 2.25. The van der Waals surface area contributed by atoms with Gasteiger partial charge >= 0.3 is 0 Å². The molecule has 0 bridgehead atoms. The average Bonchev–Trinajstić information content (AvgIpc) is 2.45. The van der Waals surface area contributed by atoms with Crippen LogP contribution < -0.4 is 5.43 Å². The molecule has 0 aromatic heterocycles. The van der Waals surface area contributed by atoms with Gasteiger partial charge in [-0.2, -0.15) is 5.10 Å². The van der Waals surface area contributed by atoms with Crippen LogP contribution in [0.4, 0.5) is 0 Å². The van der Waals surface area contributed by atoms with E-state index in [2.05, 4.69) is 26.5 Å². The van der Waals surface area contributed by atoms with E-state index in [9.17, 15) is 9.90 Å². The molecule has 2 aromatic carbocycles. The minimum atomic E-state index is -0.450. The molecular formula is C15H13BrN2O2. The Kier molecular flexibility index (Phi) is 4.53. The van der Waals surface area contributed by atoms with Crippen LogP contribution in [0.5, 0.6) is 5.75 Å². The van der Waals surface area contributed by atoms with Crippen molar-refractivity contribution in [2.45, 2.75) is 6.92 Å². The van der Waals surface area contributed by atoms with Gasteiger partial charge in [-0.1, -0.05) is 46.3 Å². The Morgan fingerprint density at radius 3 is 2.35 bits per heavy atom. The van der Waals surface area contributed by atoms with Gasteiger partial charge in [-0.05, 0) is 25.1 Å². The molecule has 0 atom stereocenters. The van der Waals surface area contributed by atoms with Crippen molar-refractivity contribution in [2.24, 2.45) is 5.10 Å². The summed E-state index contributed by atoms with van der Waals surface area (Å²) in [6.45, 7) is 1.80. The monoisotopic (exact) mass is 332 g/mol. The van der Waals surface area contributed by atoms with Crippen molar-refractivity contribution in [3.8, 4) is 5.75 Å². The molecule has 0 aliphatic carbocycles. The Labute approximate surface area is 125 Å². The topological polar surface area (TPSA) is 61.7 Å². The van der Waals surface area contributed by atoms with Crippen molar-refractivity contribution in [1.29, 1.82) is 0 Å². The summed E-state index contributed by atoms with van der Waals surface area (Å²) in [5.41, 5.74) is 4.19. The van der Waals surface area contributed by atoms with Crippen LogP contribution in [0.25, 0.3) is 0 Å². The summed E-state index contributed by atoms with van der Waals surface area (Å²) < 4.78 is 0.901. The van der Waals surface area contributed by atoms with Crippen molar-refractivity contribution >= 4 is 27.5 Å². The Morgan fingerprint density at radius 2 is 1.70 bits per heavy atom. The normalized spacial score (nSPS) is 11.2. The van der Waals surface area contributed by atoms with E-state index >= 15 is 0 Å². The van der Waals surface area contributed by atoms with Gasteiger partial charge in [0.2, 0.25) is 0 Å². The lowest BCUT2D eigenvalue weighted by Gasteiger charge is -2.05. The van der Waals surface area contributed by atoms with Crippen molar-refractivity contribution in [2.75, 3.05) is 0 Å². The maximum Gasteiger partial charge on any atom is 0.275 e. The first-order valence-electron chi connectivity index (χ1n) is 5.97. The second kappa shape index (κ2) is 6.34. The Morgan fingerprint density at radius 1 is 1.10 bits per heavy atom. The number of nitrogens with one attached hydrogen (secondary N) is 1. The lowest BCUT2D eigenvalue weighted by atomic mass is 10.1. The third kappa shape index (κ3) is 3.24. The fourth-order valence-electron chi connectivity index (χ4n) is 1.68. The number of halogens is 1. The van der Waals surface area contributed by atoms with E-state index in [4.69, 9.17) is 0 Å². The molecule has 0 aliphatic heterocycles. The van der Waals surface area contributed by atoms with Crippen LogP contribution in [0.3, 0.4) is 0 Å². The second-order valence-corrected chi connectivity index (χ2v) is 4.99. The van der Waals surface area contributed by atoms with Gasteiger partial charge in [0.15, 0.2) is 0 Å². The molecule has 0 unspecified atom stereocenters. The summed E-state index contributed by atoms with van der Waals surface area (Å²) in [5, 5.41) is 13.6. The quantitative estimate of drug-likeness (QED) is 0.669. The van der Waals surface area contributed by atoms with Gasteiger partial charge in [0, 0.05) is 10.0 Å². The number of hydrazone groups is 1. The number of benzene rings is 2. The minimum absolute atomic E-state index is 0.0706. The molecule has 2 aromatic rings. The highest BCUT2D eigenvalue weighted by molar-refractivity contribution is 9.10. The van der Waals surface area contributed by atoms with E-state index in [1.807, 2.05) is 24.3 Å². The molecule has 2 rings (SSSR count). The lowest BCUT2D eigenvalue weighted by molar-refractivity contribution is 0.0952. The summed E-state index contributed by atoms with van der Waals surface area (Å²) in [6, 6.07) is 13.9. The standard InChI is InChI=1S/C15H13BrN2O2/c1-10(11-6-2-4-8-13(11)16)17-18-15(20)12-7-3-5-9-14(12)19/h2-9,19H,1H3,(H,18,20)/b17-10-. The van der Waals surface area contributed by atoms with Crippen molar-refractivity contribution in [1.82, 2.24) is 5.43 Å². The number of hydrogen-bond donors (Lipinski definition) is 2. The van der Waals surface area contributed by atoms with Crippen LogP contribution in [0.15, 0.2) is 58.1 Å². The predicted octanol–water partition coefficient (Wildman–Crippen LogP) is 3.31. The van der Waals surface area contributed by atoms with E-state index in [1.54, 1.807) is 19.1 Å². The Balaban J connectivity index is 2.16. The molecule has 0 radical (unpaired) electrons. The van der Waals surface area contributed by atoms with E-state index in [-0.39, 0.29) is 11.3 Å². The zero-order valence-electron chi connectivity index (χ0n) is 10.8. The van der Waals surface area contributed by atoms with Gasteiger partial charge in [0.1, 0.15) is 5.75 Å². The fraction of sp³-hybridized carbons (Fsp3) is 0.0667. The number of phenols is 1. The van der Waals surface area contributed by atoms with Crippen molar-refractivity contribution in [3.63, 3.8) is 0 Å². The SMILES string of the molecule is C/C(=N/NC(=O)c1ccccc1O)c1ccccc1Br. The van der Waals surface area contributed by atoms with E-state index in [0.29, 0.717) is 5.71 Å². The highest BCUT2D eigenvalue weighted by atomic mass is 79.9. The Hall–Kier alpha value is -2.14. The molecule has 102 valence electrons. The molecule has 0 fully saturated rings. The van der Waals surface area contributed by atoms with Gasteiger partial charge in [0.25, 0.3) is 5.91 Å². The molecule has 0 aliphatic rings. The molecule has 2 N–H and O–H groups in total. The van der Waals surface area contributed by atoms with Gasteiger partial charge < -0.3 is 5.11 Å². The van der Waals surface area contributed by atoms with Crippen LogP contribution in [-0.4, -0.2) is 16.7 Å². The van der Waals surface area contributed by atoms with Gasteiger partial charge in [0.05, 0.1) is 11.3 Å². The Bertz CT molecular complexity index is 668. The maximum absolute atomic E-state index is 11.9. The zero-order valence-corrected chi connectivity index (χ0v) is 12.4. The largest absolute Gasteiger partial charge is 0.507 e. The van der Waals surface area contributed by atoms with Crippen LogP contribution in [-0.2, 0) is 0 Å². The number of amides is 1. The second-order valence-electron chi connectivity index (χ2n) is 4.14. The predicted molar refractivity (Wildman–Crippen MR) is 81.9 cm³/mol. The maximum atomic E-state index is 11.9. The van der Waals surface area contributed by atoms with E-state index in [1.165, 1.54) is 12.1 Å². The van der Waals surface area contributed by atoms with E-state index < -0.39 is 5.91 Å². The first-order chi connectivity index (χ1) is 9.59. The highest BCUT2D eigenvalue weighted by Gasteiger charge is 2.09. The van der Waals surface area contributed by atoms with Crippen LogP contribution in [0.1, 0.15) is 22.8 Å². The first kappa shape index (κ1) is 14.3. The van der Waals surface area contributed by atoms with Crippen LogP contribution >= 0.6 is 15.9 Å². The molecule has 0 spiro atoms. The molecular weight excluding hydrogens is 320 g/mol. The number of para-hydroxylation sites is 1. The average molecular weight is 333 g/mol.